The minimum absolute atomic E-state index is 0.223. The van der Waals surface area contributed by atoms with Crippen molar-refractivity contribution < 1.29 is 4.79 Å². The van der Waals surface area contributed by atoms with Gasteiger partial charge < -0.3 is 0 Å². The van der Waals surface area contributed by atoms with Gasteiger partial charge in [-0.2, -0.15) is 0 Å². The van der Waals surface area contributed by atoms with Gasteiger partial charge in [0.1, 0.15) is 0 Å². The van der Waals surface area contributed by atoms with Crippen LogP contribution in [-0.4, -0.2) is 5.78 Å². The first-order valence-corrected chi connectivity index (χ1v) is 6.26. The average Bonchev–Trinajstić information content (AvgIpc) is 2.25. The summed E-state index contributed by atoms with van der Waals surface area (Å²) in [5.41, 5.74) is 3.06. The number of allylic oxidation sites excluding steroid dienone is 1. The Morgan fingerprint density at radius 1 is 1.38 bits per heavy atom. The summed E-state index contributed by atoms with van der Waals surface area (Å²) < 4.78 is 1.09. The summed E-state index contributed by atoms with van der Waals surface area (Å²) in [5.74, 6) is 0.223. The monoisotopic (exact) mass is 280 g/mol. The van der Waals surface area contributed by atoms with Crippen molar-refractivity contribution in [1.29, 1.82) is 0 Å². The van der Waals surface area contributed by atoms with Gasteiger partial charge in [-0.3, -0.25) is 4.79 Å². The summed E-state index contributed by atoms with van der Waals surface area (Å²) >= 11 is 3.50. The van der Waals surface area contributed by atoms with E-state index in [9.17, 15) is 4.79 Å². The number of carbonyl (C=O) groups excluding carboxylic acids is 1. The number of ketones is 1. The van der Waals surface area contributed by atoms with E-state index in [1.165, 1.54) is 0 Å². The topological polar surface area (TPSA) is 17.1 Å². The molecule has 0 aliphatic carbocycles. The van der Waals surface area contributed by atoms with E-state index >= 15 is 0 Å². The van der Waals surface area contributed by atoms with E-state index < -0.39 is 0 Å². The van der Waals surface area contributed by atoms with Crippen molar-refractivity contribution in [2.75, 3.05) is 0 Å². The number of aryl methyl sites for hydroxylation is 2. The Kier molecular flexibility index (Phi) is 4.94. The molecule has 0 aliphatic rings. The molecule has 1 rings (SSSR count). The van der Waals surface area contributed by atoms with E-state index in [2.05, 4.69) is 22.5 Å². The SMILES string of the molecule is C=CCCCC(=O)c1cc(C)c(Br)c(C)c1. The molecule has 0 aliphatic heterocycles. The lowest BCUT2D eigenvalue weighted by Crippen LogP contribution is -2.00. The van der Waals surface area contributed by atoms with Crippen molar-refractivity contribution in [3.8, 4) is 0 Å². The molecule has 1 nitrogen and oxygen atoms in total. The summed E-state index contributed by atoms with van der Waals surface area (Å²) in [6.45, 7) is 7.68. The molecule has 0 spiro atoms. The van der Waals surface area contributed by atoms with E-state index in [4.69, 9.17) is 0 Å². The second-order valence-corrected chi connectivity index (χ2v) is 4.82. The summed E-state index contributed by atoms with van der Waals surface area (Å²) in [7, 11) is 0. The van der Waals surface area contributed by atoms with Crippen LogP contribution < -0.4 is 0 Å². The number of rotatable bonds is 5. The maximum Gasteiger partial charge on any atom is 0.162 e. The number of unbranched alkanes of at least 4 members (excludes halogenated alkanes) is 1. The molecule has 2 heteroatoms. The lowest BCUT2D eigenvalue weighted by atomic mass is 10.0. The molecule has 1 aromatic rings. The van der Waals surface area contributed by atoms with Gasteiger partial charge in [0.2, 0.25) is 0 Å². The second kappa shape index (κ2) is 6.00. The van der Waals surface area contributed by atoms with Crippen molar-refractivity contribution in [3.63, 3.8) is 0 Å². The lowest BCUT2D eigenvalue weighted by molar-refractivity contribution is 0.0980. The number of carbonyl (C=O) groups is 1. The third-order valence-electron chi connectivity index (χ3n) is 2.57. The first-order valence-electron chi connectivity index (χ1n) is 5.47. The Morgan fingerprint density at radius 2 is 1.94 bits per heavy atom. The fourth-order valence-electron chi connectivity index (χ4n) is 1.66. The molecule has 16 heavy (non-hydrogen) atoms. The van der Waals surface area contributed by atoms with E-state index in [1.807, 2.05) is 32.1 Å². The molecule has 1 aromatic carbocycles. The van der Waals surface area contributed by atoms with Crippen LogP contribution in [0.5, 0.6) is 0 Å². The number of hydrogen-bond acceptors (Lipinski definition) is 1. The maximum atomic E-state index is 11.9. The molecule has 0 radical (unpaired) electrons. The highest BCUT2D eigenvalue weighted by Gasteiger charge is 2.08. The van der Waals surface area contributed by atoms with Gasteiger partial charge in [0.05, 0.1) is 0 Å². The van der Waals surface area contributed by atoms with Gasteiger partial charge >= 0.3 is 0 Å². The van der Waals surface area contributed by atoms with Crippen molar-refractivity contribution in [3.05, 3.63) is 46.0 Å². The molecular weight excluding hydrogens is 264 g/mol. The Bertz CT molecular complexity index is 384. The van der Waals surface area contributed by atoms with Crippen LogP contribution >= 0.6 is 15.9 Å². The van der Waals surface area contributed by atoms with Crippen molar-refractivity contribution >= 4 is 21.7 Å². The lowest BCUT2D eigenvalue weighted by Gasteiger charge is -2.07. The van der Waals surface area contributed by atoms with Crippen LogP contribution in [0.25, 0.3) is 0 Å². The van der Waals surface area contributed by atoms with Crippen LogP contribution in [0.3, 0.4) is 0 Å². The van der Waals surface area contributed by atoms with Gasteiger partial charge in [0.15, 0.2) is 5.78 Å². The normalized spacial score (nSPS) is 10.2. The third-order valence-corrected chi connectivity index (χ3v) is 3.82. The first kappa shape index (κ1) is 13.2. The molecule has 0 unspecified atom stereocenters. The minimum Gasteiger partial charge on any atom is -0.294 e. The van der Waals surface area contributed by atoms with Crippen LogP contribution in [0.4, 0.5) is 0 Å². The molecule has 0 heterocycles. The van der Waals surface area contributed by atoms with Gasteiger partial charge in [-0.25, -0.2) is 0 Å². The smallest absolute Gasteiger partial charge is 0.162 e. The van der Waals surface area contributed by atoms with Crippen LogP contribution in [0, 0.1) is 13.8 Å². The fraction of sp³-hybridized carbons (Fsp3) is 0.357. The summed E-state index contributed by atoms with van der Waals surface area (Å²) in [6.07, 6.45) is 4.24. The van der Waals surface area contributed by atoms with Gasteiger partial charge in [0.25, 0.3) is 0 Å². The molecule has 0 saturated heterocycles. The fourth-order valence-corrected chi connectivity index (χ4v) is 1.89. The van der Waals surface area contributed by atoms with Crippen LogP contribution in [0.1, 0.15) is 40.7 Å². The Labute approximate surface area is 106 Å². The Hall–Kier alpha value is -0.890. The van der Waals surface area contributed by atoms with Gasteiger partial charge in [-0.05, 0) is 49.9 Å². The van der Waals surface area contributed by atoms with Crippen LogP contribution in [0.2, 0.25) is 0 Å². The average molecular weight is 281 g/mol. The van der Waals surface area contributed by atoms with E-state index in [-0.39, 0.29) is 5.78 Å². The zero-order valence-electron chi connectivity index (χ0n) is 9.85. The standard InChI is InChI=1S/C14H17BrO/c1-4-5-6-7-13(16)12-8-10(2)14(15)11(3)9-12/h4,8-9H,1,5-7H2,2-3H3. The molecular formula is C14H17BrO. The molecule has 86 valence electrons. The van der Waals surface area contributed by atoms with E-state index in [1.54, 1.807) is 0 Å². The quantitative estimate of drug-likeness (QED) is 0.438. The zero-order chi connectivity index (χ0) is 12.1. The second-order valence-electron chi connectivity index (χ2n) is 4.03. The van der Waals surface area contributed by atoms with Crippen molar-refractivity contribution in [1.82, 2.24) is 0 Å². The highest BCUT2D eigenvalue weighted by molar-refractivity contribution is 9.10. The molecule has 0 fully saturated rings. The van der Waals surface area contributed by atoms with Crippen molar-refractivity contribution in [2.24, 2.45) is 0 Å². The molecule has 0 bridgehead atoms. The minimum atomic E-state index is 0.223. The zero-order valence-corrected chi connectivity index (χ0v) is 11.4. The van der Waals surface area contributed by atoms with E-state index in [0.29, 0.717) is 6.42 Å². The van der Waals surface area contributed by atoms with Crippen LogP contribution in [-0.2, 0) is 0 Å². The predicted molar refractivity (Wildman–Crippen MR) is 72.0 cm³/mol. The summed E-state index contributed by atoms with van der Waals surface area (Å²) in [4.78, 5) is 11.9. The highest BCUT2D eigenvalue weighted by atomic mass is 79.9. The Balaban J connectivity index is 2.80. The van der Waals surface area contributed by atoms with Crippen molar-refractivity contribution in [2.45, 2.75) is 33.1 Å². The number of benzene rings is 1. The summed E-state index contributed by atoms with van der Waals surface area (Å²) in [5, 5.41) is 0. The summed E-state index contributed by atoms with van der Waals surface area (Å²) in [6, 6.07) is 3.90. The molecule has 0 aromatic heterocycles. The predicted octanol–water partition coefficient (Wildman–Crippen LogP) is 4.60. The molecule has 0 amide bonds. The van der Waals surface area contributed by atoms with Gasteiger partial charge in [-0.15, -0.1) is 6.58 Å². The number of Topliss-reactive ketones (excluding diaryl/α,β-unsaturated/α-hetero) is 1. The highest BCUT2D eigenvalue weighted by Crippen LogP contribution is 2.23. The maximum absolute atomic E-state index is 11.9. The molecule has 0 atom stereocenters. The van der Waals surface area contributed by atoms with Gasteiger partial charge in [-0.1, -0.05) is 22.0 Å². The number of hydrogen-bond donors (Lipinski definition) is 0. The van der Waals surface area contributed by atoms with Crippen LogP contribution in [0.15, 0.2) is 29.3 Å². The largest absolute Gasteiger partial charge is 0.294 e. The third kappa shape index (κ3) is 3.31. The molecule has 0 N–H and O–H groups in total. The molecule has 0 saturated carbocycles. The number of halogens is 1. The first-order chi connectivity index (χ1) is 7.56. The van der Waals surface area contributed by atoms with Gasteiger partial charge in [0, 0.05) is 16.5 Å². The Morgan fingerprint density at radius 3 is 2.44 bits per heavy atom. The van der Waals surface area contributed by atoms with E-state index in [0.717, 1.165) is 34.0 Å².